The highest BCUT2D eigenvalue weighted by atomic mass is 35.5. The van der Waals surface area contributed by atoms with Gasteiger partial charge in [0.2, 0.25) is 0 Å². The third-order valence-electron chi connectivity index (χ3n) is 5.85. The molecule has 7 nitrogen and oxygen atoms in total. The number of benzene rings is 1. The van der Waals surface area contributed by atoms with Crippen LogP contribution in [-0.2, 0) is 4.74 Å². The van der Waals surface area contributed by atoms with Gasteiger partial charge in [-0.25, -0.2) is 9.07 Å². The van der Waals surface area contributed by atoms with Crippen molar-refractivity contribution in [1.82, 2.24) is 24.5 Å². The Morgan fingerprint density at radius 1 is 1.09 bits per heavy atom. The Morgan fingerprint density at radius 2 is 1.86 bits per heavy atom. The molecular weight excluding hydrogens is 481 g/mol. The first-order valence-corrected chi connectivity index (χ1v) is 11.1. The largest absolute Gasteiger partial charge is 0.398 e. The topological polar surface area (TPSA) is 83.8 Å². The van der Waals surface area contributed by atoms with E-state index in [1.807, 2.05) is 13.8 Å². The molecule has 0 bridgehead atoms. The van der Waals surface area contributed by atoms with Crippen LogP contribution in [0.5, 0.6) is 0 Å². The van der Waals surface area contributed by atoms with Crippen molar-refractivity contribution in [3.05, 3.63) is 71.7 Å². The van der Waals surface area contributed by atoms with Crippen LogP contribution in [-0.4, -0.2) is 37.3 Å². The third-order valence-corrected chi connectivity index (χ3v) is 6.14. The summed E-state index contributed by atoms with van der Waals surface area (Å²) in [5, 5.41) is 8.07. The number of aromatic nitrogens is 5. The molecule has 0 spiro atoms. The zero-order valence-electron chi connectivity index (χ0n) is 19.3. The summed E-state index contributed by atoms with van der Waals surface area (Å²) >= 11 is 5.93. The Hall–Kier alpha value is -3.37. The van der Waals surface area contributed by atoms with E-state index in [2.05, 4.69) is 15.2 Å². The highest BCUT2D eigenvalue weighted by Crippen LogP contribution is 2.35. The Balaban J connectivity index is 1.73. The van der Waals surface area contributed by atoms with Gasteiger partial charge in [0.05, 0.1) is 34.3 Å². The maximum atomic E-state index is 14.6. The van der Waals surface area contributed by atoms with E-state index in [1.165, 1.54) is 36.8 Å². The SMILES string of the molecule is COC(C)(C)CC(c1ccc(-c2c(N)ccc(Cl)c2F)cn1)n1cc(-c2ccnn2C(F)F)cn1. The molecule has 1 unspecified atom stereocenters. The molecule has 35 heavy (non-hydrogen) atoms. The summed E-state index contributed by atoms with van der Waals surface area (Å²) < 4.78 is 49.1. The standard InChI is InChI=1S/C24H24ClF3N6O/c1-24(2,35-3)10-20(33-13-15(12-32-33)19-8-9-31-34(19)23(27)28)18-7-4-14(11-30-18)21-17(29)6-5-16(25)22(21)26/h4-9,11-13,20,23H,10,29H2,1-3H3. The van der Waals surface area contributed by atoms with Crippen LogP contribution in [0.1, 0.15) is 38.6 Å². The summed E-state index contributed by atoms with van der Waals surface area (Å²) in [7, 11) is 1.61. The van der Waals surface area contributed by atoms with Crippen molar-refractivity contribution in [2.24, 2.45) is 0 Å². The van der Waals surface area contributed by atoms with Gasteiger partial charge in [0.1, 0.15) is 0 Å². The summed E-state index contributed by atoms with van der Waals surface area (Å²) in [4.78, 5) is 4.56. The molecule has 3 heterocycles. The first-order valence-electron chi connectivity index (χ1n) is 10.7. The predicted octanol–water partition coefficient (Wildman–Crippen LogP) is 5.98. The number of nitrogens with two attached hydrogens (primary N) is 1. The molecule has 0 saturated carbocycles. The number of alkyl halides is 2. The predicted molar refractivity (Wildman–Crippen MR) is 128 cm³/mol. The molecule has 2 N–H and O–H groups in total. The molecule has 0 fully saturated rings. The molecule has 0 aliphatic rings. The Morgan fingerprint density at radius 3 is 2.51 bits per heavy atom. The second-order valence-corrected chi connectivity index (χ2v) is 9.04. The van der Waals surface area contributed by atoms with Gasteiger partial charge in [-0.1, -0.05) is 17.7 Å². The zero-order chi connectivity index (χ0) is 25.3. The van der Waals surface area contributed by atoms with Crippen molar-refractivity contribution in [2.45, 2.75) is 38.5 Å². The number of nitrogen functional groups attached to an aromatic ring is 1. The quantitative estimate of drug-likeness (QED) is 0.298. The van der Waals surface area contributed by atoms with Gasteiger partial charge in [0.15, 0.2) is 5.82 Å². The van der Waals surface area contributed by atoms with Crippen LogP contribution < -0.4 is 5.73 Å². The van der Waals surface area contributed by atoms with Crippen molar-refractivity contribution in [2.75, 3.05) is 12.8 Å². The first-order chi connectivity index (χ1) is 16.6. The van der Waals surface area contributed by atoms with Crippen molar-refractivity contribution in [1.29, 1.82) is 0 Å². The second-order valence-electron chi connectivity index (χ2n) is 8.63. The number of rotatable bonds is 8. The lowest BCUT2D eigenvalue weighted by Gasteiger charge is -2.28. The van der Waals surface area contributed by atoms with Gasteiger partial charge in [-0.3, -0.25) is 9.67 Å². The van der Waals surface area contributed by atoms with Gasteiger partial charge in [0, 0.05) is 54.5 Å². The molecule has 4 rings (SSSR count). The van der Waals surface area contributed by atoms with Crippen LogP contribution in [0.2, 0.25) is 5.02 Å². The molecule has 0 aliphatic heterocycles. The normalized spacial score (nSPS) is 12.9. The highest BCUT2D eigenvalue weighted by molar-refractivity contribution is 6.31. The van der Waals surface area contributed by atoms with E-state index in [-0.39, 0.29) is 22.0 Å². The van der Waals surface area contributed by atoms with Crippen molar-refractivity contribution in [3.8, 4) is 22.4 Å². The fourth-order valence-electron chi connectivity index (χ4n) is 3.83. The average Bonchev–Trinajstić information content (AvgIpc) is 3.50. The van der Waals surface area contributed by atoms with Gasteiger partial charge in [-0.05, 0) is 38.1 Å². The molecule has 0 aliphatic carbocycles. The molecule has 0 saturated heterocycles. The van der Waals surface area contributed by atoms with Crippen molar-refractivity contribution >= 4 is 17.3 Å². The third kappa shape index (κ3) is 5.03. The lowest BCUT2D eigenvalue weighted by molar-refractivity contribution is 0.00587. The summed E-state index contributed by atoms with van der Waals surface area (Å²) in [6.45, 7) is 1.07. The molecule has 1 atom stereocenters. The smallest absolute Gasteiger partial charge is 0.333 e. The lowest BCUT2D eigenvalue weighted by Crippen LogP contribution is -2.29. The second kappa shape index (κ2) is 9.71. The fraction of sp³-hybridized carbons (Fsp3) is 0.292. The molecular formula is C24H24ClF3N6O. The number of hydrogen-bond donors (Lipinski definition) is 1. The monoisotopic (exact) mass is 504 g/mol. The molecule has 0 radical (unpaired) electrons. The fourth-order valence-corrected chi connectivity index (χ4v) is 3.99. The minimum atomic E-state index is -2.78. The van der Waals surface area contributed by atoms with Gasteiger partial charge in [0.25, 0.3) is 0 Å². The van der Waals surface area contributed by atoms with Crippen molar-refractivity contribution < 1.29 is 17.9 Å². The van der Waals surface area contributed by atoms with Crippen LogP contribution in [0.25, 0.3) is 22.4 Å². The van der Waals surface area contributed by atoms with Crippen LogP contribution in [0.15, 0.2) is 55.1 Å². The molecule has 4 aromatic rings. The number of anilines is 1. The van der Waals surface area contributed by atoms with E-state index in [1.54, 1.807) is 30.1 Å². The van der Waals surface area contributed by atoms with Gasteiger partial charge >= 0.3 is 6.55 Å². The zero-order valence-corrected chi connectivity index (χ0v) is 20.0. The van der Waals surface area contributed by atoms with Gasteiger partial charge < -0.3 is 10.5 Å². The Kier molecular flexibility index (Phi) is 6.86. The van der Waals surface area contributed by atoms with Crippen molar-refractivity contribution in [3.63, 3.8) is 0 Å². The Labute approximate surface area is 205 Å². The molecule has 11 heteroatoms. The Bertz CT molecular complexity index is 1320. The lowest BCUT2D eigenvalue weighted by atomic mass is 9.95. The van der Waals surface area contributed by atoms with Crippen LogP contribution in [0.4, 0.5) is 18.9 Å². The van der Waals surface area contributed by atoms with E-state index in [9.17, 15) is 13.2 Å². The number of halogens is 4. The van der Waals surface area contributed by atoms with Crippen LogP contribution in [0.3, 0.4) is 0 Å². The van der Waals surface area contributed by atoms with Gasteiger partial charge in [-0.2, -0.15) is 19.0 Å². The maximum absolute atomic E-state index is 14.6. The number of methoxy groups -OCH3 is 1. The molecule has 1 aromatic carbocycles. The van der Waals surface area contributed by atoms with E-state index >= 15 is 0 Å². The number of pyridine rings is 1. The molecule has 184 valence electrons. The van der Waals surface area contributed by atoms with E-state index in [4.69, 9.17) is 22.1 Å². The van der Waals surface area contributed by atoms with Gasteiger partial charge in [-0.15, -0.1) is 0 Å². The van der Waals surface area contributed by atoms with Crippen LogP contribution >= 0.6 is 11.6 Å². The number of ether oxygens (including phenoxy) is 1. The number of nitrogens with zero attached hydrogens (tertiary/aromatic N) is 5. The molecule has 3 aromatic heterocycles. The van der Waals surface area contributed by atoms with E-state index in [0.29, 0.717) is 27.9 Å². The minimum absolute atomic E-state index is 0.0369. The first kappa shape index (κ1) is 24.7. The highest BCUT2D eigenvalue weighted by Gasteiger charge is 2.28. The summed E-state index contributed by atoms with van der Waals surface area (Å²) in [6, 6.07) is 7.48. The minimum Gasteiger partial charge on any atom is -0.398 e. The van der Waals surface area contributed by atoms with E-state index in [0.717, 1.165) is 0 Å². The summed E-state index contributed by atoms with van der Waals surface area (Å²) in [6.07, 6.45) is 6.46. The summed E-state index contributed by atoms with van der Waals surface area (Å²) in [5.41, 5.74) is 7.66. The average molecular weight is 505 g/mol. The number of hydrogen-bond acceptors (Lipinski definition) is 5. The van der Waals surface area contributed by atoms with Crippen LogP contribution in [0, 0.1) is 5.82 Å². The van der Waals surface area contributed by atoms with E-state index < -0.39 is 24.0 Å². The summed E-state index contributed by atoms with van der Waals surface area (Å²) in [5.74, 6) is -0.620. The maximum Gasteiger partial charge on any atom is 0.333 e. The molecule has 0 amide bonds.